The van der Waals surface area contributed by atoms with E-state index in [4.69, 9.17) is 4.74 Å². The molecule has 1 saturated carbocycles. The average Bonchev–Trinajstić information content (AvgIpc) is 2.16. The second-order valence-electron chi connectivity index (χ2n) is 3.72. The van der Waals surface area contributed by atoms with Gasteiger partial charge in [-0.2, -0.15) is 0 Å². The number of ether oxygens (including phenoxy) is 1. The lowest BCUT2D eigenvalue weighted by atomic mass is 9.89. The molecule has 0 aromatic carbocycles. The Morgan fingerprint density at radius 1 is 1.25 bits per heavy atom. The minimum Gasteiger partial charge on any atom is -0.378 e. The lowest BCUT2D eigenvalue weighted by molar-refractivity contribution is 0.155. The fraction of sp³-hybridized carbons (Fsp3) is 0.818. The lowest BCUT2D eigenvalue weighted by Crippen LogP contribution is -2.05. The molecule has 70 valence electrons. The smallest absolute Gasteiger partial charge is 0.0723 e. The van der Waals surface area contributed by atoms with E-state index in [1.807, 2.05) is 0 Å². The summed E-state index contributed by atoms with van der Waals surface area (Å²) in [6, 6.07) is 0. The van der Waals surface area contributed by atoms with Crippen molar-refractivity contribution in [3.63, 3.8) is 0 Å². The third-order valence-electron chi connectivity index (χ3n) is 2.68. The first-order chi connectivity index (χ1) is 5.83. The molecule has 1 aliphatic carbocycles. The Hall–Kier alpha value is -0.300. The van der Waals surface area contributed by atoms with Gasteiger partial charge in [-0.15, -0.1) is 0 Å². The molecule has 0 N–H and O–H groups in total. The van der Waals surface area contributed by atoms with Crippen molar-refractivity contribution in [3.05, 3.63) is 12.2 Å². The summed E-state index contributed by atoms with van der Waals surface area (Å²) in [6.45, 7) is 2.08. The molecule has 0 aromatic heterocycles. The molecule has 1 fully saturated rings. The SMILES string of the molecule is COC(C)/C=C/C1CCCCC1. The largest absolute Gasteiger partial charge is 0.378 e. The highest BCUT2D eigenvalue weighted by Gasteiger charge is 2.09. The van der Waals surface area contributed by atoms with Crippen molar-refractivity contribution in [1.29, 1.82) is 0 Å². The highest BCUT2D eigenvalue weighted by Crippen LogP contribution is 2.24. The van der Waals surface area contributed by atoms with Gasteiger partial charge in [0, 0.05) is 7.11 Å². The first-order valence-corrected chi connectivity index (χ1v) is 5.04. The third kappa shape index (κ3) is 3.40. The molecule has 12 heavy (non-hydrogen) atoms. The van der Waals surface area contributed by atoms with Crippen molar-refractivity contribution in [2.45, 2.75) is 45.1 Å². The van der Waals surface area contributed by atoms with Crippen LogP contribution in [0.4, 0.5) is 0 Å². The second-order valence-corrected chi connectivity index (χ2v) is 3.72. The van der Waals surface area contributed by atoms with E-state index < -0.39 is 0 Å². The van der Waals surface area contributed by atoms with Gasteiger partial charge in [-0.3, -0.25) is 0 Å². The van der Waals surface area contributed by atoms with Gasteiger partial charge in [0.1, 0.15) is 0 Å². The van der Waals surface area contributed by atoms with Gasteiger partial charge < -0.3 is 4.74 Å². The lowest BCUT2D eigenvalue weighted by Gasteiger charge is -2.18. The Morgan fingerprint density at radius 3 is 2.50 bits per heavy atom. The van der Waals surface area contributed by atoms with E-state index in [-0.39, 0.29) is 6.10 Å². The maximum absolute atomic E-state index is 5.15. The summed E-state index contributed by atoms with van der Waals surface area (Å²) < 4.78 is 5.15. The van der Waals surface area contributed by atoms with Gasteiger partial charge in [-0.1, -0.05) is 31.4 Å². The molecule has 0 spiro atoms. The van der Waals surface area contributed by atoms with Crippen molar-refractivity contribution in [2.75, 3.05) is 7.11 Å². The topological polar surface area (TPSA) is 9.23 Å². The predicted octanol–water partition coefficient (Wildman–Crippen LogP) is 3.16. The van der Waals surface area contributed by atoms with Crippen LogP contribution in [0.1, 0.15) is 39.0 Å². The molecular formula is C11H20O. The van der Waals surface area contributed by atoms with Crippen LogP contribution >= 0.6 is 0 Å². The van der Waals surface area contributed by atoms with E-state index in [1.165, 1.54) is 32.1 Å². The quantitative estimate of drug-likeness (QED) is 0.588. The fourth-order valence-corrected chi connectivity index (χ4v) is 1.72. The van der Waals surface area contributed by atoms with Gasteiger partial charge in [0.2, 0.25) is 0 Å². The zero-order valence-electron chi connectivity index (χ0n) is 8.25. The zero-order chi connectivity index (χ0) is 8.81. The van der Waals surface area contributed by atoms with E-state index in [0.29, 0.717) is 0 Å². The first kappa shape index (κ1) is 9.79. The first-order valence-electron chi connectivity index (χ1n) is 5.04. The van der Waals surface area contributed by atoms with Crippen molar-refractivity contribution in [2.24, 2.45) is 5.92 Å². The Morgan fingerprint density at radius 2 is 1.92 bits per heavy atom. The second kappa shape index (κ2) is 5.36. The van der Waals surface area contributed by atoms with Gasteiger partial charge in [0.05, 0.1) is 6.10 Å². The Bertz CT molecular complexity index is 134. The molecule has 0 radical (unpaired) electrons. The van der Waals surface area contributed by atoms with Gasteiger partial charge in [-0.25, -0.2) is 0 Å². The summed E-state index contributed by atoms with van der Waals surface area (Å²) in [7, 11) is 1.76. The van der Waals surface area contributed by atoms with E-state index in [9.17, 15) is 0 Å². The Kier molecular flexibility index (Phi) is 4.37. The zero-order valence-corrected chi connectivity index (χ0v) is 8.25. The van der Waals surface area contributed by atoms with Crippen LogP contribution in [0.3, 0.4) is 0 Å². The molecule has 0 saturated heterocycles. The Balaban J connectivity index is 2.23. The predicted molar refractivity (Wildman–Crippen MR) is 52.2 cm³/mol. The molecule has 0 aromatic rings. The van der Waals surface area contributed by atoms with Crippen LogP contribution in [-0.4, -0.2) is 13.2 Å². The maximum atomic E-state index is 5.15. The normalized spacial score (nSPS) is 23.2. The number of rotatable bonds is 3. The van der Waals surface area contributed by atoms with Crippen LogP contribution in [0.25, 0.3) is 0 Å². The van der Waals surface area contributed by atoms with Crippen molar-refractivity contribution in [3.8, 4) is 0 Å². The molecular weight excluding hydrogens is 148 g/mol. The fourth-order valence-electron chi connectivity index (χ4n) is 1.72. The molecule has 0 bridgehead atoms. The van der Waals surface area contributed by atoms with Gasteiger partial charge in [-0.05, 0) is 25.7 Å². The molecule has 1 rings (SSSR count). The molecule has 1 unspecified atom stereocenters. The molecule has 1 aliphatic rings. The van der Waals surface area contributed by atoms with E-state index >= 15 is 0 Å². The van der Waals surface area contributed by atoms with Gasteiger partial charge in [0.15, 0.2) is 0 Å². The number of hydrogen-bond acceptors (Lipinski definition) is 1. The average molecular weight is 168 g/mol. The van der Waals surface area contributed by atoms with Crippen molar-refractivity contribution in [1.82, 2.24) is 0 Å². The van der Waals surface area contributed by atoms with Crippen LogP contribution in [0.5, 0.6) is 0 Å². The van der Waals surface area contributed by atoms with Crippen LogP contribution in [0.2, 0.25) is 0 Å². The van der Waals surface area contributed by atoms with Crippen LogP contribution in [-0.2, 0) is 4.74 Å². The number of methoxy groups -OCH3 is 1. The monoisotopic (exact) mass is 168 g/mol. The maximum Gasteiger partial charge on any atom is 0.0723 e. The summed E-state index contributed by atoms with van der Waals surface area (Å²) >= 11 is 0. The minimum atomic E-state index is 0.284. The third-order valence-corrected chi connectivity index (χ3v) is 2.68. The highest BCUT2D eigenvalue weighted by molar-refractivity contribution is 4.93. The molecule has 0 heterocycles. The van der Waals surface area contributed by atoms with E-state index in [2.05, 4.69) is 19.1 Å². The van der Waals surface area contributed by atoms with E-state index in [1.54, 1.807) is 7.11 Å². The number of allylic oxidation sites excluding steroid dienone is 1. The van der Waals surface area contributed by atoms with Crippen LogP contribution < -0.4 is 0 Å². The summed E-state index contributed by atoms with van der Waals surface area (Å²) in [5, 5.41) is 0. The number of hydrogen-bond donors (Lipinski definition) is 0. The van der Waals surface area contributed by atoms with Gasteiger partial charge in [0.25, 0.3) is 0 Å². The van der Waals surface area contributed by atoms with Gasteiger partial charge >= 0.3 is 0 Å². The van der Waals surface area contributed by atoms with Crippen LogP contribution in [0, 0.1) is 5.92 Å². The van der Waals surface area contributed by atoms with Crippen LogP contribution in [0.15, 0.2) is 12.2 Å². The standard InChI is InChI=1S/C11H20O/c1-10(12-2)8-9-11-6-4-3-5-7-11/h8-11H,3-7H2,1-2H3/b9-8+. The van der Waals surface area contributed by atoms with Crippen molar-refractivity contribution >= 4 is 0 Å². The molecule has 0 amide bonds. The highest BCUT2D eigenvalue weighted by atomic mass is 16.5. The van der Waals surface area contributed by atoms with E-state index in [0.717, 1.165) is 5.92 Å². The summed E-state index contributed by atoms with van der Waals surface area (Å²) in [5.74, 6) is 0.830. The molecule has 0 aliphatic heterocycles. The molecule has 1 nitrogen and oxygen atoms in total. The van der Waals surface area contributed by atoms with Crippen molar-refractivity contribution < 1.29 is 4.74 Å². The minimum absolute atomic E-state index is 0.284. The summed E-state index contributed by atoms with van der Waals surface area (Å²) in [4.78, 5) is 0. The molecule has 1 heteroatoms. The Labute approximate surface area is 75.8 Å². The molecule has 1 atom stereocenters. The summed E-state index contributed by atoms with van der Waals surface area (Å²) in [5.41, 5.74) is 0. The summed E-state index contributed by atoms with van der Waals surface area (Å²) in [6.07, 6.45) is 11.8.